The summed E-state index contributed by atoms with van der Waals surface area (Å²) in [5, 5.41) is 14.5. The second-order valence-corrected chi connectivity index (χ2v) is 6.89. The van der Waals surface area contributed by atoms with Crippen molar-refractivity contribution >= 4 is 30.7 Å². The lowest BCUT2D eigenvalue weighted by Crippen LogP contribution is -2.34. The number of nitrogens with zero attached hydrogens (tertiary/aromatic N) is 4. The van der Waals surface area contributed by atoms with Gasteiger partial charge in [0, 0.05) is 13.1 Å². The molecule has 25 heavy (non-hydrogen) atoms. The van der Waals surface area contributed by atoms with E-state index in [9.17, 15) is 4.79 Å². The van der Waals surface area contributed by atoms with E-state index >= 15 is 0 Å². The third-order valence-electron chi connectivity index (χ3n) is 4.81. The van der Waals surface area contributed by atoms with Crippen molar-refractivity contribution in [3.05, 3.63) is 11.9 Å². The Morgan fingerprint density at radius 2 is 2.00 bits per heavy atom. The fraction of sp³-hybridized carbons (Fsp3) is 0.812. The topological polar surface area (TPSA) is 75.1 Å². The standard InChI is InChI=1S/C16H28N6O.2ClH/c1-13(11-21-8-2-3-9-21)10-18-16(23)15-12-22(20-19-15)14-4-6-17-7-5-14;;/h12-14,17H,2-11H2,1H3,(H,18,23);2*1H. The Bertz CT molecular complexity index is 514. The summed E-state index contributed by atoms with van der Waals surface area (Å²) >= 11 is 0. The van der Waals surface area contributed by atoms with Crippen LogP contribution < -0.4 is 10.6 Å². The van der Waals surface area contributed by atoms with Crippen molar-refractivity contribution in [2.75, 3.05) is 39.3 Å². The molecule has 0 bridgehead atoms. The van der Waals surface area contributed by atoms with E-state index in [2.05, 4.69) is 32.8 Å². The molecule has 0 radical (unpaired) electrons. The van der Waals surface area contributed by atoms with Crippen LogP contribution in [0, 0.1) is 5.92 Å². The molecule has 0 spiro atoms. The highest BCUT2D eigenvalue weighted by molar-refractivity contribution is 5.91. The van der Waals surface area contributed by atoms with Gasteiger partial charge in [0.2, 0.25) is 0 Å². The van der Waals surface area contributed by atoms with Crippen LogP contribution in [-0.2, 0) is 0 Å². The molecule has 1 aromatic heterocycles. The minimum atomic E-state index is -0.113. The van der Waals surface area contributed by atoms with Gasteiger partial charge in [0.05, 0.1) is 12.2 Å². The first kappa shape index (κ1) is 22.2. The molecule has 0 saturated carbocycles. The first-order valence-corrected chi connectivity index (χ1v) is 8.85. The first-order chi connectivity index (χ1) is 11.2. The lowest BCUT2D eigenvalue weighted by molar-refractivity contribution is 0.0940. The molecule has 2 aliphatic rings. The Hall–Kier alpha value is -0.890. The smallest absolute Gasteiger partial charge is 0.273 e. The van der Waals surface area contributed by atoms with E-state index < -0.39 is 0 Å². The van der Waals surface area contributed by atoms with E-state index in [0.29, 0.717) is 24.2 Å². The molecule has 1 amide bonds. The summed E-state index contributed by atoms with van der Waals surface area (Å²) < 4.78 is 1.85. The van der Waals surface area contributed by atoms with Gasteiger partial charge < -0.3 is 15.5 Å². The highest BCUT2D eigenvalue weighted by atomic mass is 35.5. The van der Waals surface area contributed by atoms with Crippen molar-refractivity contribution in [3.63, 3.8) is 0 Å². The van der Waals surface area contributed by atoms with E-state index in [1.165, 1.54) is 25.9 Å². The molecule has 3 rings (SSSR count). The summed E-state index contributed by atoms with van der Waals surface area (Å²) in [6.07, 6.45) is 6.47. The number of carbonyl (C=O) groups excluding carboxylic acids is 1. The Morgan fingerprint density at radius 3 is 2.68 bits per heavy atom. The molecule has 0 aliphatic carbocycles. The number of rotatable bonds is 6. The number of carbonyl (C=O) groups is 1. The van der Waals surface area contributed by atoms with Crippen LogP contribution in [0.25, 0.3) is 0 Å². The van der Waals surface area contributed by atoms with Crippen molar-refractivity contribution in [3.8, 4) is 0 Å². The van der Waals surface area contributed by atoms with Crippen LogP contribution in [-0.4, -0.2) is 65.1 Å². The van der Waals surface area contributed by atoms with Crippen molar-refractivity contribution in [2.45, 2.75) is 38.6 Å². The highest BCUT2D eigenvalue weighted by Crippen LogP contribution is 2.17. The monoisotopic (exact) mass is 392 g/mol. The summed E-state index contributed by atoms with van der Waals surface area (Å²) in [6.45, 7) is 8.33. The van der Waals surface area contributed by atoms with Gasteiger partial charge >= 0.3 is 0 Å². The minimum absolute atomic E-state index is 0. The molecular weight excluding hydrogens is 363 g/mol. The van der Waals surface area contributed by atoms with Gasteiger partial charge in [-0.1, -0.05) is 12.1 Å². The zero-order valence-electron chi connectivity index (χ0n) is 14.8. The molecule has 1 atom stereocenters. The van der Waals surface area contributed by atoms with Crippen molar-refractivity contribution in [2.24, 2.45) is 5.92 Å². The van der Waals surface area contributed by atoms with E-state index in [0.717, 1.165) is 32.5 Å². The molecule has 2 aliphatic heterocycles. The number of halogens is 2. The van der Waals surface area contributed by atoms with Gasteiger partial charge in [-0.25, -0.2) is 4.68 Å². The number of likely N-dealkylation sites (tertiary alicyclic amines) is 1. The van der Waals surface area contributed by atoms with Gasteiger partial charge in [0.15, 0.2) is 5.69 Å². The quantitative estimate of drug-likeness (QED) is 0.767. The van der Waals surface area contributed by atoms with Crippen molar-refractivity contribution < 1.29 is 4.79 Å². The van der Waals surface area contributed by atoms with Crippen molar-refractivity contribution in [1.82, 2.24) is 30.5 Å². The molecule has 2 saturated heterocycles. The molecule has 1 aromatic rings. The molecular formula is C16H30Cl2N6O. The lowest BCUT2D eigenvalue weighted by atomic mass is 10.1. The second kappa shape index (κ2) is 11.0. The third-order valence-corrected chi connectivity index (χ3v) is 4.81. The molecule has 9 heteroatoms. The lowest BCUT2D eigenvalue weighted by Gasteiger charge is -2.22. The predicted molar refractivity (Wildman–Crippen MR) is 103 cm³/mol. The van der Waals surface area contributed by atoms with Crippen LogP contribution in [0.5, 0.6) is 0 Å². The molecule has 7 nitrogen and oxygen atoms in total. The van der Waals surface area contributed by atoms with Crippen LogP contribution >= 0.6 is 24.8 Å². The number of piperidine rings is 1. The number of amides is 1. The maximum atomic E-state index is 12.2. The summed E-state index contributed by atoms with van der Waals surface area (Å²) in [6, 6.07) is 0.361. The number of hydrogen-bond donors (Lipinski definition) is 2. The Balaban J connectivity index is 0.00000156. The molecule has 0 aromatic carbocycles. The summed E-state index contributed by atoms with van der Waals surface area (Å²) in [4.78, 5) is 14.7. The fourth-order valence-electron chi connectivity index (χ4n) is 3.46. The van der Waals surface area contributed by atoms with Gasteiger partial charge in [-0.2, -0.15) is 0 Å². The number of nitrogens with one attached hydrogen (secondary N) is 2. The predicted octanol–water partition coefficient (Wildman–Crippen LogP) is 1.51. The number of aromatic nitrogens is 3. The molecule has 2 fully saturated rings. The maximum absolute atomic E-state index is 12.2. The van der Waals surface area contributed by atoms with Gasteiger partial charge in [-0.3, -0.25) is 4.79 Å². The largest absolute Gasteiger partial charge is 0.350 e. The van der Waals surface area contributed by atoms with Crippen LogP contribution in [0.3, 0.4) is 0 Å². The van der Waals surface area contributed by atoms with Gasteiger partial charge in [-0.15, -0.1) is 29.9 Å². The highest BCUT2D eigenvalue weighted by Gasteiger charge is 2.19. The first-order valence-electron chi connectivity index (χ1n) is 8.85. The minimum Gasteiger partial charge on any atom is -0.350 e. The second-order valence-electron chi connectivity index (χ2n) is 6.89. The average Bonchev–Trinajstić information content (AvgIpc) is 3.25. The molecule has 3 heterocycles. The molecule has 1 unspecified atom stereocenters. The van der Waals surface area contributed by atoms with Crippen molar-refractivity contribution in [1.29, 1.82) is 0 Å². The van der Waals surface area contributed by atoms with Crippen LogP contribution in [0.2, 0.25) is 0 Å². The van der Waals surface area contributed by atoms with Crippen LogP contribution in [0.1, 0.15) is 49.1 Å². The Morgan fingerprint density at radius 1 is 1.32 bits per heavy atom. The zero-order chi connectivity index (χ0) is 16.1. The van der Waals surface area contributed by atoms with Gasteiger partial charge in [0.25, 0.3) is 5.91 Å². The van der Waals surface area contributed by atoms with Gasteiger partial charge in [-0.05, 0) is 57.8 Å². The average molecular weight is 393 g/mol. The SMILES string of the molecule is CC(CNC(=O)c1cn(C2CCNCC2)nn1)CN1CCCC1.Cl.Cl. The molecule has 144 valence electrons. The summed E-state index contributed by atoms with van der Waals surface area (Å²) in [7, 11) is 0. The Kier molecular flexibility index (Phi) is 9.71. The van der Waals surface area contributed by atoms with E-state index in [-0.39, 0.29) is 30.7 Å². The van der Waals surface area contributed by atoms with E-state index in [1.807, 2.05) is 4.68 Å². The normalized spacial score (nSPS) is 19.7. The fourth-order valence-corrected chi connectivity index (χ4v) is 3.46. The van der Waals surface area contributed by atoms with Crippen LogP contribution in [0.15, 0.2) is 6.20 Å². The number of hydrogen-bond acceptors (Lipinski definition) is 5. The Labute approximate surface area is 162 Å². The van der Waals surface area contributed by atoms with E-state index in [1.54, 1.807) is 6.20 Å². The van der Waals surface area contributed by atoms with Gasteiger partial charge in [0.1, 0.15) is 0 Å². The maximum Gasteiger partial charge on any atom is 0.273 e. The van der Waals surface area contributed by atoms with Crippen LogP contribution in [0.4, 0.5) is 0 Å². The summed E-state index contributed by atoms with van der Waals surface area (Å²) in [5.41, 5.74) is 0.428. The van der Waals surface area contributed by atoms with E-state index in [4.69, 9.17) is 0 Å². The molecule has 2 N–H and O–H groups in total. The zero-order valence-corrected chi connectivity index (χ0v) is 16.4. The third kappa shape index (κ3) is 6.40. The summed E-state index contributed by atoms with van der Waals surface area (Å²) in [5.74, 6) is 0.343.